The number of hydrogen-bond donors (Lipinski definition) is 0. The zero-order chi connectivity index (χ0) is 7.52. The van der Waals surface area contributed by atoms with Crippen molar-refractivity contribution in [2.75, 3.05) is 0 Å². The van der Waals surface area contributed by atoms with Crippen LogP contribution in [0.5, 0.6) is 0 Å². The van der Waals surface area contributed by atoms with Gasteiger partial charge in [0.15, 0.2) is 0 Å². The second-order valence-corrected chi connectivity index (χ2v) is 3.57. The van der Waals surface area contributed by atoms with Gasteiger partial charge in [-0.05, 0) is 18.8 Å². The van der Waals surface area contributed by atoms with Crippen LogP contribution in [0.4, 0.5) is 0 Å². The summed E-state index contributed by atoms with van der Waals surface area (Å²) in [5, 5.41) is 0. The summed E-state index contributed by atoms with van der Waals surface area (Å²) in [6.07, 6.45) is 16.1. The molecular weight excluding hydrogens is 251 g/mol. The zero-order valence-electron chi connectivity index (χ0n) is 8.23. The van der Waals surface area contributed by atoms with Crippen molar-refractivity contribution < 1.29 is 46.5 Å². The summed E-state index contributed by atoms with van der Waals surface area (Å²) in [7, 11) is 0. The van der Waals surface area contributed by atoms with E-state index >= 15 is 0 Å². The van der Waals surface area contributed by atoms with Gasteiger partial charge in [-0.3, -0.25) is 6.08 Å². The molecule has 0 atom stereocenters. The molecule has 0 heterocycles. The van der Waals surface area contributed by atoms with Gasteiger partial charge in [0.2, 0.25) is 0 Å². The smallest absolute Gasteiger partial charge is 1.00 e. The van der Waals surface area contributed by atoms with Gasteiger partial charge in [0.25, 0.3) is 0 Å². The Kier molecular flexibility index (Phi) is 11.1. The van der Waals surface area contributed by atoms with Crippen molar-refractivity contribution in [3.63, 3.8) is 0 Å². The molecule has 3 heteroatoms. The molecule has 0 aliphatic heterocycles. The minimum atomic E-state index is 0. The largest absolute Gasteiger partial charge is 3.00 e. The van der Waals surface area contributed by atoms with Crippen molar-refractivity contribution >= 4 is 0 Å². The molecule has 0 spiro atoms. The van der Waals surface area contributed by atoms with Gasteiger partial charge in [-0.2, -0.15) is 6.08 Å². The molecular formula is C11H15Cl2Ti. The van der Waals surface area contributed by atoms with Crippen LogP contribution in [0, 0.1) is 12.0 Å². The third-order valence-corrected chi connectivity index (χ3v) is 2.77. The zero-order valence-corrected chi connectivity index (χ0v) is 11.3. The van der Waals surface area contributed by atoms with Gasteiger partial charge in [-0.15, -0.1) is 6.42 Å². The van der Waals surface area contributed by atoms with Crippen LogP contribution in [-0.4, -0.2) is 0 Å². The van der Waals surface area contributed by atoms with Crippen LogP contribution < -0.4 is 24.8 Å². The second kappa shape index (κ2) is 9.03. The molecule has 0 amide bonds. The van der Waals surface area contributed by atoms with E-state index < -0.39 is 0 Å². The third-order valence-electron chi connectivity index (χ3n) is 2.77. The monoisotopic (exact) mass is 265 g/mol. The Balaban J connectivity index is 0. The van der Waals surface area contributed by atoms with Gasteiger partial charge in [-0.25, -0.2) is 11.6 Å². The number of rotatable bonds is 1. The van der Waals surface area contributed by atoms with E-state index in [1.54, 1.807) is 0 Å². The number of allylic oxidation sites excluding steroid dienone is 4. The molecule has 0 bridgehead atoms. The van der Waals surface area contributed by atoms with Gasteiger partial charge >= 0.3 is 21.7 Å². The molecule has 2 aliphatic carbocycles. The van der Waals surface area contributed by atoms with E-state index in [0.29, 0.717) is 0 Å². The van der Waals surface area contributed by atoms with Crippen molar-refractivity contribution in [2.45, 2.75) is 38.5 Å². The quantitative estimate of drug-likeness (QED) is 0.357. The van der Waals surface area contributed by atoms with Crippen LogP contribution in [0.15, 0.2) is 17.7 Å². The summed E-state index contributed by atoms with van der Waals surface area (Å²) in [4.78, 5) is 0. The van der Waals surface area contributed by atoms with Crippen molar-refractivity contribution in [3.05, 3.63) is 23.8 Å². The SMILES string of the molecule is [C-]1=C(C2CCCCC2)C=CC1.[Cl-].[Cl-].[Ti+3]. The molecule has 0 aromatic heterocycles. The minimum absolute atomic E-state index is 0. The van der Waals surface area contributed by atoms with Crippen LogP contribution >= 0.6 is 0 Å². The van der Waals surface area contributed by atoms with E-state index in [-0.39, 0.29) is 46.5 Å². The summed E-state index contributed by atoms with van der Waals surface area (Å²) in [5.41, 5.74) is 1.50. The van der Waals surface area contributed by atoms with Crippen LogP contribution in [0.2, 0.25) is 0 Å². The molecule has 1 saturated carbocycles. The number of halogens is 2. The first kappa shape index (κ1) is 17.2. The van der Waals surface area contributed by atoms with E-state index in [4.69, 9.17) is 0 Å². The van der Waals surface area contributed by atoms with Gasteiger partial charge in [0.05, 0.1) is 0 Å². The summed E-state index contributed by atoms with van der Waals surface area (Å²) < 4.78 is 0. The average Bonchev–Trinajstić information content (AvgIpc) is 2.58. The maximum Gasteiger partial charge on any atom is 3.00 e. The summed E-state index contributed by atoms with van der Waals surface area (Å²) >= 11 is 0. The molecule has 1 radical (unpaired) electrons. The first-order valence-electron chi connectivity index (χ1n) is 4.74. The van der Waals surface area contributed by atoms with E-state index in [1.807, 2.05) is 0 Å². The molecule has 77 valence electrons. The van der Waals surface area contributed by atoms with Crippen LogP contribution in [0.25, 0.3) is 0 Å². The molecule has 0 unspecified atom stereocenters. The molecule has 2 rings (SSSR count). The standard InChI is InChI=1S/C11H15.2ClH.Ti/c1-2-6-10(7-3-1)11-8-4-5-9-11;;;/h4,8,10H,1-3,5-7H2;2*1H;/q-1;;;+3/p-2. The minimum Gasteiger partial charge on any atom is -1.00 e. The Bertz CT molecular complexity index is 193. The fraction of sp³-hybridized carbons (Fsp3) is 0.636. The molecule has 0 nitrogen and oxygen atoms in total. The van der Waals surface area contributed by atoms with Crippen LogP contribution in [0.3, 0.4) is 0 Å². The summed E-state index contributed by atoms with van der Waals surface area (Å²) in [6, 6.07) is 0. The first-order chi connectivity index (χ1) is 5.47. The van der Waals surface area contributed by atoms with Crippen LogP contribution in [-0.2, 0) is 21.7 Å². The van der Waals surface area contributed by atoms with Crippen molar-refractivity contribution in [1.29, 1.82) is 0 Å². The van der Waals surface area contributed by atoms with Crippen molar-refractivity contribution in [3.8, 4) is 0 Å². The Morgan fingerprint density at radius 2 is 1.71 bits per heavy atom. The Morgan fingerprint density at radius 1 is 1.07 bits per heavy atom. The Morgan fingerprint density at radius 3 is 2.21 bits per heavy atom. The van der Waals surface area contributed by atoms with Gasteiger partial charge in [-0.1, -0.05) is 19.3 Å². The summed E-state index contributed by atoms with van der Waals surface area (Å²) in [5.74, 6) is 0.863. The van der Waals surface area contributed by atoms with Crippen molar-refractivity contribution in [1.82, 2.24) is 0 Å². The van der Waals surface area contributed by atoms with E-state index in [0.717, 1.165) is 12.3 Å². The van der Waals surface area contributed by atoms with E-state index in [9.17, 15) is 0 Å². The average molecular weight is 266 g/mol. The van der Waals surface area contributed by atoms with Gasteiger partial charge in [0, 0.05) is 0 Å². The predicted molar refractivity (Wildman–Crippen MR) is 47.1 cm³/mol. The molecule has 0 saturated heterocycles. The molecule has 0 N–H and O–H groups in total. The fourth-order valence-corrected chi connectivity index (χ4v) is 2.12. The Labute approximate surface area is 114 Å². The first-order valence-corrected chi connectivity index (χ1v) is 4.74. The topological polar surface area (TPSA) is 0 Å². The normalized spacial score (nSPS) is 20.1. The maximum absolute atomic E-state index is 3.43. The van der Waals surface area contributed by atoms with Crippen molar-refractivity contribution in [2.24, 2.45) is 5.92 Å². The second-order valence-electron chi connectivity index (χ2n) is 3.57. The molecule has 2 aliphatic rings. The van der Waals surface area contributed by atoms with E-state index in [2.05, 4.69) is 18.2 Å². The van der Waals surface area contributed by atoms with E-state index in [1.165, 1.54) is 37.7 Å². The molecule has 0 aromatic rings. The van der Waals surface area contributed by atoms with Gasteiger partial charge in [0.1, 0.15) is 0 Å². The fourth-order valence-electron chi connectivity index (χ4n) is 2.12. The predicted octanol–water partition coefficient (Wildman–Crippen LogP) is -2.74. The third kappa shape index (κ3) is 4.53. The summed E-state index contributed by atoms with van der Waals surface area (Å²) in [6.45, 7) is 0. The maximum atomic E-state index is 3.43. The molecule has 1 fully saturated rings. The van der Waals surface area contributed by atoms with Crippen LogP contribution in [0.1, 0.15) is 38.5 Å². The van der Waals surface area contributed by atoms with Gasteiger partial charge < -0.3 is 24.8 Å². The Hall–Kier alpha value is 0.774. The molecule has 14 heavy (non-hydrogen) atoms. The molecule has 0 aromatic carbocycles. The number of hydrogen-bond acceptors (Lipinski definition) is 0.